The number of hydrogen-bond donors (Lipinski definition) is 0. The summed E-state index contributed by atoms with van der Waals surface area (Å²) in [6.07, 6.45) is 0. The summed E-state index contributed by atoms with van der Waals surface area (Å²) in [7, 11) is 0. The molecule has 0 N–H and O–H groups in total. The molecule has 0 spiro atoms. The second-order valence-corrected chi connectivity index (χ2v) is 5.65. The van der Waals surface area contributed by atoms with Crippen LogP contribution in [-0.4, -0.2) is 15.2 Å². The highest BCUT2D eigenvalue weighted by Crippen LogP contribution is 2.10. The quantitative estimate of drug-likeness (QED) is 0.628. The Hall–Kier alpha value is -0.768. The molecule has 13 heavy (non-hydrogen) atoms. The lowest BCUT2D eigenvalue weighted by Crippen LogP contribution is -2.13. The van der Waals surface area contributed by atoms with Crippen LogP contribution in [0.25, 0.3) is 10.8 Å². The van der Waals surface area contributed by atoms with E-state index >= 15 is 0 Å². The summed E-state index contributed by atoms with van der Waals surface area (Å²) < 4.78 is 1.61. The normalized spacial score (nSPS) is 10.2. The van der Waals surface area contributed by atoms with Crippen LogP contribution in [0.5, 0.6) is 0 Å². The van der Waals surface area contributed by atoms with Crippen molar-refractivity contribution in [2.75, 3.05) is 0 Å². The molecule has 1 heteroatoms. The Kier molecular flexibility index (Phi) is 2.69. The van der Waals surface area contributed by atoms with Gasteiger partial charge in [0.05, 0.1) is 0 Å². The monoisotopic (exact) mass is 184 g/mol. The van der Waals surface area contributed by atoms with E-state index in [1.165, 1.54) is 16.1 Å². The summed E-state index contributed by atoms with van der Waals surface area (Å²) in [5, 5.41) is 4.22. The lowest BCUT2D eigenvalue weighted by Gasteiger charge is -2.03. The van der Waals surface area contributed by atoms with Crippen LogP contribution in [0, 0.1) is 0 Å². The zero-order valence-electron chi connectivity index (χ0n) is 7.96. The summed E-state index contributed by atoms with van der Waals surface area (Å²) in [5.74, 6) is 0. The van der Waals surface area contributed by atoms with Crippen LogP contribution >= 0.6 is 0 Å². The molecule has 0 aliphatic rings. The Morgan fingerprint density at radius 2 is 1.77 bits per heavy atom. The minimum Gasteiger partial charge on any atom is -0.108 e. The van der Waals surface area contributed by atoms with Crippen LogP contribution < -0.4 is 4.43 Å². The van der Waals surface area contributed by atoms with Gasteiger partial charge in [-0.1, -0.05) is 54.7 Å². The minimum absolute atomic E-state index is 0.0229. The van der Waals surface area contributed by atoms with Crippen molar-refractivity contribution in [3.05, 3.63) is 42.5 Å². The number of benzene rings is 2. The molecular formula is C12H13Al. The van der Waals surface area contributed by atoms with Gasteiger partial charge >= 0.3 is 0 Å². The van der Waals surface area contributed by atoms with Gasteiger partial charge in [0, 0.05) is 0 Å². The van der Waals surface area contributed by atoms with Crippen LogP contribution in [0.15, 0.2) is 42.5 Å². The lowest BCUT2D eigenvalue weighted by molar-refractivity contribution is 1.46. The molecule has 0 aromatic heterocycles. The topological polar surface area (TPSA) is 0 Å². The number of rotatable bonds is 2. The second kappa shape index (κ2) is 3.96. The smallest absolute Gasteiger partial charge is 0.108 e. The van der Waals surface area contributed by atoms with Gasteiger partial charge in [0.2, 0.25) is 0 Å². The molecule has 0 amide bonds. The molecule has 0 bridgehead atoms. The standard InChI is InChI=1S/C10H7.C2H5.Al.H/c1-2-6-10-8-4-3-7-9(10)5-1;1-2;;/h1-7H;1H2,2H3;;. The molecule has 0 unspecified atom stereocenters. The molecule has 0 fully saturated rings. The SMILES string of the molecule is C[CH2][AlH][c]1cccc2ccccc12. The van der Waals surface area contributed by atoms with E-state index in [2.05, 4.69) is 49.4 Å². The molecular weight excluding hydrogens is 171 g/mol. The maximum atomic E-state index is 2.29. The van der Waals surface area contributed by atoms with Gasteiger partial charge in [-0.15, -0.1) is 4.43 Å². The summed E-state index contributed by atoms with van der Waals surface area (Å²) in [4.78, 5) is 0. The molecule has 0 heterocycles. The fourth-order valence-electron chi connectivity index (χ4n) is 1.78. The molecule has 0 saturated carbocycles. The summed E-state index contributed by atoms with van der Waals surface area (Å²) in [6.45, 7) is 2.29. The third-order valence-electron chi connectivity index (χ3n) is 2.40. The molecule has 0 nitrogen and oxygen atoms in total. The van der Waals surface area contributed by atoms with Gasteiger partial charge in [0.25, 0.3) is 15.2 Å². The maximum Gasteiger partial charge on any atom is 0.283 e. The van der Waals surface area contributed by atoms with E-state index in [0.717, 1.165) is 0 Å². The maximum absolute atomic E-state index is 2.29. The van der Waals surface area contributed by atoms with E-state index in [1.54, 1.807) is 4.43 Å². The van der Waals surface area contributed by atoms with E-state index in [1.807, 2.05) is 0 Å². The van der Waals surface area contributed by atoms with Crippen molar-refractivity contribution in [2.45, 2.75) is 12.2 Å². The van der Waals surface area contributed by atoms with Crippen molar-refractivity contribution in [3.63, 3.8) is 0 Å². The molecule has 0 radical (unpaired) electrons. The van der Waals surface area contributed by atoms with Gasteiger partial charge in [-0.25, -0.2) is 0 Å². The van der Waals surface area contributed by atoms with Gasteiger partial charge in [0.15, 0.2) is 0 Å². The predicted octanol–water partition coefficient (Wildman–Crippen LogP) is 2.34. The third-order valence-corrected chi connectivity index (χ3v) is 4.05. The van der Waals surface area contributed by atoms with Crippen molar-refractivity contribution in [3.8, 4) is 0 Å². The molecule has 0 aliphatic carbocycles. The van der Waals surface area contributed by atoms with Gasteiger partial charge in [-0.2, -0.15) is 0 Å². The largest absolute Gasteiger partial charge is 0.283 e. The van der Waals surface area contributed by atoms with E-state index < -0.39 is 0 Å². The van der Waals surface area contributed by atoms with Crippen LogP contribution in [0.2, 0.25) is 5.28 Å². The number of hydrogen-bond acceptors (Lipinski definition) is 0. The first-order valence-corrected chi connectivity index (χ1v) is 6.59. The first-order valence-electron chi connectivity index (χ1n) is 4.88. The average Bonchev–Trinajstić information content (AvgIpc) is 2.19. The Morgan fingerprint density at radius 1 is 1.00 bits per heavy atom. The summed E-state index contributed by atoms with van der Waals surface area (Å²) in [5.41, 5.74) is 0. The van der Waals surface area contributed by atoms with E-state index in [-0.39, 0.29) is 15.2 Å². The zero-order valence-corrected chi connectivity index (χ0v) is 9.37. The summed E-state index contributed by atoms with van der Waals surface area (Å²) in [6, 6.07) is 15.4. The van der Waals surface area contributed by atoms with E-state index in [0.29, 0.717) is 0 Å². The van der Waals surface area contributed by atoms with Crippen LogP contribution in [0.3, 0.4) is 0 Å². The fourth-order valence-corrected chi connectivity index (χ4v) is 3.21. The van der Waals surface area contributed by atoms with Gasteiger partial charge in [-0.3, -0.25) is 0 Å². The minimum atomic E-state index is -0.0229. The van der Waals surface area contributed by atoms with Crippen LogP contribution in [-0.2, 0) is 0 Å². The molecule has 2 aromatic carbocycles. The van der Waals surface area contributed by atoms with Gasteiger partial charge in [0.1, 0.15) is 0 Å². The second-order valence-electron chi connectivity index (χ2n) is 3.39. The van der Waals surface area contributed by atoms with Gasteiger partial charge in [-0.05, 0) is 10.8 Å². The first kappa shape index (κ1) is 8.81. The van der Waals surface area contributed by atoms with E-state index in [4.69, 9.17) is 0 Å². The highest BCUT2D eigenvalue weighted by molar-refractivity contribution is 6.56. The van der Waals surface area contributed by atoms with Crippen molar-refractivity contribution in [1.29, 1.82) is 0 Å². The predicted molar refractivity (Wildman–Crippen MR) is 61.2 cm³/mol. The molecule has 0 atom stereocenters. The molecule has 0 saturated heterocycles. The fraction of sp³-hybridized carbons (Fsp3) is 0.167. The van der Waals surface area contributed by atoms with E-state index in [9.17, 15) is 0 Å². The molecule has 0 aliphatic heterocycles. The van der Waals surface area contributed by atoms with Gasteiger partial charge < -0.3 is 0 Å². The highest BCUT2D eigenvalue weighted by atomic mass is 27.1. The Bertz CT molecular complexity index is 401. The Labute approximate surface area is 85.3 Å². The Balaban J connectivity index is 2.61. The summed E-state index contributed by atoms with van der Waals surface area (Å²) >= 11 is -0.0229. The van der Waals surface area contributed by atoms with Crippen LogP contribution in [0.1, 0.15) is 6.92 Å². The molecule has 2 rings (SSSR count). The zero-order chi connectivity index (χ0) is 9.10. The van der Waals surface area contributed by atoms with Crippen molar-refractivity contribution in [1.82, 2.24) is 0 Å². The van der Waals surface area contributed by atoms with Crippen molar-refractivity contribution >= 4 is 30.4 Å². The van der Waals surface area contributed by atoms with Crippen molar-refractivity contribution < 1.29 is 0 Å². The molecule has 2 aromatic rings. The highest BCUT2D eigenvalue weighted by Gasteiger charge is 1.99. The molecule has 64 valence electrons. The average molecular weight is 184 g/mol. The number of fused-ring (bicyclic) bond motifs is 1. The Morgan fingerprint density at radius 3 is 2.62 bits per heavy atom. The lowest BCUT2D eigenvalue weighted by atomic mass is 10.1. The van der Waals surface area contributed by atoms with Crippen LogP contribution in [0.4, 0.5) is 0 Å². The third kappa shape index (κ3) is 1.77. The van der Waals surface area contributed by atoms with Crippen molar-refractivity contribution in [2.24, 2.45) is 0 Å². The first-order chi connectivity index (χ1) is 6.42.